The van der Waals surface area contributed by atoms with Gasteiger partial charge in [-0.05, 0) is 24.5 Å². The molecule has 0 saturated carbocycles. The van der Waals surface area contributed by atoms with Gasteiger partial charge in [-0.1, -0.05) is 19.1 Å². The number of carbonyl (C=O) groups excluding carboxylic acids is 1. The van der Waals surface area contributed by atoms with Crippen LogP contribution in [0, 0.1) is 16.0 Å². The van der Waals surface area contributed by atoms with Gasteiger partial charge in [-0.25, -0.2) is 4.68 Å². The number of hydrogen-bond acceptors (Lipinski definition) is 5. The molecule has 2 aromatic rings. The quantitative estimate of drug-likeness (QED) is 0.679. The Bertz CT molecular complexity index is 773. The third-order valence-electron chi connectivity index (χ3n) is 4.39. The SMILES string of the molecule is CC1CN(C(=O)c2ccn(-c3ccccc3[N+](=O)[O-])n2)CCC1N. The van der Waals surface area contributed by atoms with Crippen LogP contribution in [-0.4, -0.2) is 44.6 Å². The molecule has 1 fully saturated rings. The van der Waals surface area contributed by atoms with Crippen molar-refractivity contribution in [2.75, 3.05) is 13.1 Å². The fraction of sp³-hybridized carbons (Fsp3) is 0.375. The average molecular weight is 329 g/mol. The minimum Gasteiger partial charge on any atom is -0.337 e. The minimum atomic E-state index is -0.466. The molecule has 2 unspecified atom stereocenters. The molecule has 3 rings (SSSR count). The largest absolute Gasteiger partial charge is 0.337 e. The molecular formula is C16H19N5O3. The van der Waals surface area contributed by atoms with Crippen LogP contribution in [0.2, 0.25) is 0 Å². The molecule has 24 heavy (non-hydrogen) atoms. The normalized spacial score (nSPS) is 20.8. The summed E-state index contributed by atoms with van der Waals surface area (Å²) in [5.74, 6) is 0.0612. The van der Waals surface area contributed by atoms with Crippen molar-refractivity contribution in [3.63, 3.8) is 0 Å². The summed E-state index contributed by atoms with van der Waals surface area (Å²) in [4.78, 5) is 25.0. The number of amides is 1. The predicted octanol–water partition coefficient (Wildman–Crippen LogP) is 1.59. The average Bonchev–Trinajstić information content (AvgIpc) is 3.06. The van der Waals surface area contributed by atoms with Gasteiger partial charge in [-0.3, -0.25) is 14.9 Å². The molecule has 0 aliphatic carbocycles. The van der Waals surface area contributed by atoms with Crippen molar-refractivity contribution in [3.8, 4) is 5.69 Å². The maximum atomic E-state index is 12.6. The zero-order chi connectivity index (χ0) is 17.3. The summed E-state index contributed by atoms with van der Waals surface area (Å²) in [5.41, 5.74) is 6.53. The first-order chi connectivity index (χ1) is 11.5. The van der Waals surface area contributed by atoms with Crippen LogP contribution in [0.25, 0.3) is 5.69 Å². The molecule has 1 saturated heterocycles. The van der Waals surface area contributed by atoms with E-state index in [4.69, 9.17) is 5.73 Å². The van der Waals surface area contributed by atoms with E-state index in [1.807, 2.05) is 6.92 Å². The number of aromatic nitrogens is 2. The van der Waals surface area contributed by atoms with E-state index in [1.165, 1.54) is 10.7 Å². The summed E-state index contributed by atoms with van der Waals surface area (Å²) < 4.78 is 1.37. The second kappa shape index (κ2) is 6.40. The van der Waals surface area contributed by atoms with Gasteiger partial charge in [-0.2, -0.15) is 5.10 Å². The van der Waals surface area contributed by atoms with Crippen LogP contribution in [0.15, 0.2) is 36.5 Å². The van der Waals surface area contributed by atoms with E-state index in [9.17, 15) is 14.9 Å². The molecule has 1 aliphatic heterocycles. The van der Waals surface area contributed by atoms with Crippen LogP contribution in [0.1, 0.15) is 23.8 Å². The molecule has 0 radical (unpaired) electrons. The van der Waals surface area contributed by atoms with Crippen LogP contribution in [0.4, 0.5) is 5.69 Å². The van der Waals surface area contributed by atoms with Gasteiger partial charge in [0.2, 0.25) is 0 Å². The number of nitro groups is 1. The van der Waals surface area contributed by atoms with Gasteiger partial charge >= 0.3 is 0 Å². The van der Waals surface area contributed by atoms with Gasteiger partial charge in [0.15, 0.2) is 5.69 Å². The molecule has 8 heteroatoms. The monoisotopic (exact) mass is 329 g/mol. The van der Waals surface area contributed by atoms with Crippen LogP contribution >= 0.6 is 0 Å². The van der Waals surface area contributed by atoms with Crippen molar-refractivity contribution in [1.29, 1.82) is 0 Å². The fourth-order valence-electron chi connectivity index (χ4n) is 2.89. The van der Waals surface area contributed by atoms with E-state index in [0.717, 1.165) is 6.42 Å². The third kappa shape index (κ3) is 3.00. The first kappa shape index (κ1) is 16.1. The highest BCUT2D eigenvalue weighted by Gasteiger charge is 2.28. The number of likely N-dealkylation sites (tertiary alicyclic amines) is 1. The number of nitro benzene ring substituents is 1. The second-order valence-electron chi connectivity index (χ2n) is 6.07. The van der Waals surface area contributed by atoms with Crippen LogP contribution < -0.4 is 5.73 Å². The molecule has 1 aliphatic rings. The van der Waals surface area contributed by atoms with E-state index >= 15 is 0 Å². The summed E-state index contributed by atoms with van der Waals surface area (Å²) in [5, 5.41) is 15.4. The van der Waals surface area contributed by atoms with Crippen molar-refractivity contribution < 1.29 is 9.72 Å². The van der Waals surface area contributed by atoms with Gasteiger partial charge in [0.25, 0.3) is 11.6 Å². The Morgan fingerprint density at radius 3 is 2.83 bits per heavy atom. The second-order valence-corrected chi connectivity index (χ2v) is 6.07. The molecule has 2 N–H and O–H groups in total. The molecule has 126 valence electrons. The standard InChI is InChI=1S/C16H19N5O3/c1-11-10-19(8-6-12(11)17)16(22)13-7-9-20(18-13)14-4-2-3-5-15(14)21(23)24/h2-5,7,9,11-12H,6,8,10,17H2,1H3. The number of nitrogens with zero attached hydrogens (tertiary/aromatic N) is 4. The molecule has 2 heterocycles. The molecule has 0 bridgehead atoms. The fourth-order valence-corrected chi connectivity index (χ4v) is 2.89. The molecule has 1 aromatic carbocycles. The first-order valence-electron chi connectivity index (χ1n) is 7.81. The van der Waals surface area contributed by atoms with Crippen LogP contribution in [-0.2, 0) is 0 Å². The Hall–Kier alpha value is -2.74. The molecule has 1 aromatic heterocycles. The number of hydrogen-bond donors (Lipinski definition) is 1. The van der Waals surface area contributed by atoms with E-state index in [2.05, 4.69) is 5.10 Å². The van der Waals surface area contributed by atoms with Gasteiger partial charge in [0.1, 0.15) is 5.69 Å². The summed E-state index contributed by atoms with van der Waals surface area (Å²) in [6.45, 7) is 3.22. The number of para-hydroxylation sites is 2. The van der Waals surface area contributed by atoms with Crippen molar-refractivity contribution in [3.05, 3.63) is 52.3 Å². The topological polar surface area (TPSA) is 107 Å². The van der Waals surface area contributed by atoms with E-state index in [-0.39, 0.29) is 29.2 Å². The Kier molecular flexibility index (Phi) is 4.30. The Labute approximate surface area is 139 Å². The maximum Gasteiger partial charge on any atom is 0.294 e. The highest BCUT2D eigenvalue weighted by molar-refractivity contribution is 5.92. The lowest BCUT2D eigenvalue weighted by Gasteiger charge is -2.34. The van der Waals surface area contributed by atoms with Gasteiger partial charge < -0.3 is 10.6 Å². The summed E-state index contributed by atoms with van der Waals surface area (Å²) in [6.07, 6.45) is 2.33. The lowest BCUT2D eigenvalue weighted by atomic mass is 9.94. The summed E-state index contributed by atoms with van der Waals surface area (Å²) in [7, 11) is 0. The van der Waals surface area contributed by atoms with E-state index < -0.39 is 4.92 Å². The third-order valence-corrected chi connectivity index (χ3v) is 4.39. The predicted molar refractivity (Wildman–Crippen MR) is 87.9 cm³/mol. The van der Waals surface area contributed by atoms with E-state index in [0.29, 0.717) is 18.8 Å². The Balaban J connectivity index is 1.84. The zero-order valence-corrected chi connectivity index (χ0v) is 13.3. The lowest BCUT2D eigenvalue weighted by molar-refractivity contribution is -0.384. The lowest BCUT2D eigenvalue weighted by Crippen LogP contribution is -2.48. The number of benzene rings is 1. The van der Waals surface area contributed by atoms with E-state index in [1.54, 1.807) is 35.4 Å². The Morgan fingerprint density at radius 2 is 2.12 bits per heavy atom. The minimum absolute atomic E-state index is 0.0582. The van der Waals surface area contributed by atoms with Crippen molar-refractivity contribution in [1.82, 2.24) is 14.7 Å². The van der Waals surface area contributed by atoms with Gasteiger partial charge in [0.05, 0.1) is 4.92 Å². The number of nitrogens with two attached hydrogens (primary N) is 1. The first-order valence-corrected chi connectivity index (χ1v) is 7.81. The smallest absolute Gasteiger partial charge is 0.294 e. The number of carbonyl (C=O) groups is 1. The van der Waals surface area contributed by atoms with Crippen molar-refractivity contribution >= 4 is 11.6 Å². The molecule has 1 amide bonds. The zero-order valence-electron chi connectivity index (χ0n) is 13.3. The van der Waals surface area contributed by atoms with Crippen molar-refractivity contribution in [2.45, 2.75) is 19.4 Å². The van der Waals surface area contributed by atoms with Crippen LogP contribution in [0.3, 0.4) is 0 Å². The van der Waals surface area contributed by atoms with Crippen molar-refractivity contribution in [2.24, 2.45) is 11.7 Å². The molecule has 8 nitrogen and oxygen atoms in total. The molecule has 0 spiro atoms. The number of piperidine rings is 1. The Morgan fingerprint density at radius 1 is 1.38 bits per heavy atom. The molecular weight excluding hydrogens is 310 g/mol. The summed E-state index contributed by atoms with van der Waals surface area (Å²) >= 11 is 0. The number of rotatable bonds is 3. The van der Waals surface area contributed by atoms with Gasteiger partial charge in [-0.15, -0.1) is 0 Å². The highest BCUT2D eigenvalue weighted by atomic mass is 16.6. The van der Waals surface area contributed by atoms with Gasteiger partial charge in [0, 0.05) is 31.4 Å². The summed E-state index contributed by atoms with van der Waals surface area (Å²) in [6, 6.07) is 7.99. The molecule has 2 atom stereocenters. The van der Waals surface area contributed by atoms with Crippen LogP contribution in [0.5, 0.6) is 0 Å². The maximum absolute atomic E-state index is 12.6. The highest BCUT2D eigenvalue weighted by Crippen LogP contribution is 2.22.